The van der Waals surface area contributed by atoms with E-state index < -0.39 is 0 Å². The minimum Gasteiger partial charge on any atom is -0.456 e. The van der Waals surface area contributed by atoms with Gasteiger partial charge in [-0.15, -0.1) is 0 Å². The van der Waals surface area contributed by atoms with Crippen LogP contribution in [0.4, 0.5) is 17.1 Å². The van der Waals surface area contributed by atoms with Gasteiger partial charge in [0.1, 0.15) is 11.3 Å². The van der Waals surface area contributed by atoms with Gasteiger partial charge in [0.2, 0.25) is 0 Å². The van der Waals surface area contributed by atoms with Gasteiger partial charge in [-0.05, 0) is 116 Å². The summed E-state index contributed by atoms with van der Waals surface area (Å²) in [6.45, 7) is 0. The molecule has 9 aromatic carbocycles. The van der Waals surface area contributed by atoms with Crippen molar-refractivity contribution in [1.82, 2.24) is 0 Å². The molecule has 0 aliphatic heterocycles. The molecule has 0 atom stereocenters. The third kappa shape index (κ3) is 6.00. The fourth-order valence-electron chi connectivity index (χ4n) is 7.57. The first-order valence-electron chi connectivity index (χ1n) is 18.4. The van der Waals surface area contributed by atoms with Crippen molar-refractivity contribution in [3.05, 3.63) is 212 Å². The highest BCUT2D eigenvalue weighted by molar-refractivity contribution is 5.91. The van der Waals surface area contributed by atoms with Crippen LogP contribution in [0, 0.1) is 0 Å². The van der Waals surface area contributed by atoms with Crippen molar-refractivity contribution in [1.29, 1.82) is 0 Å². The Morgan fingerprint density at radius 1 is 0.259 bits per heavy atom. The van der Waals surface area contributed by atoms with Crippen LogP contribution in [0.1, 0.15) is 0 Å². The van der Waals surface area contributed by atoms with E-state index in [1.54, 1.807) is 0 Å². The summed E-state index contributed by atoms with van der Waals surface area (Å²) in [5.41, 5.74) is 12.4. The quantitative estimate of drug-likeness (QED) is 0.166. The zero-order chi connectivity index (χ0) is 35.8. The lowest BCUT2D eigenvalue weighted by Gasteiger charge is -2.26. The molecule has 2 nitrogen and oxygen atoms in total. The topological polar surface area (TPSA) is 16.4 Å². The van der Waals surface area contributed by atoms with E-state index in [9.17, 15) is 0 Å². The molecule has 0 saturated carbocycles. The fraction of sp³-hybridized carbons (Fsp3) is 0. The molecule has 1 aromatic heterocycles. The van der Waals surface area contributed by atoms with Crippen molar-refractivity contribution in [2.45, 2.75) is 0 Å². The van der Waals surface area contributed by atoms with Crippen molar-refractivity contribution in [2.75, 3.05) is 4.90 Å². The molecule has 54 heavy (non-hydrogen) atoms. The first-order valence-corrected chi connectivity index (χ1v) is 18.4. The number of hydrogen-bond acceptors (Lipinski definition) is 2. The Bertz CT molecular complexity index is 2890. The number of fused-ring (bicyclic) bond motifs is 3. The Balaban J connectivity index is 0.951. The molecule has 0 aliphatic rings. The maximum atomic E-state index is 6.16. The molecule has 10 rings (SSSR count). The van der Waals surface area contributed by atoms with Crippen LogP contribution in [-0.4, -0.2) is 0 Å². The highest BCUT2D eigenvalue weighted by Crippen LogP contribution is 2.39. The molecule has 0 fully saturated rings. The summed E-state index contributed by atoms with van der Waals surface area (Å²) in [6.07, 6.45) is 0. The van der Waals surface area contributed by atoms with Crippen molar-refractivity contribution < 1.29 is 4.42 Å². The predicted octanol–water partition coefficient (Wildman–Crippen LogP) is 14.9. The molecule has 0 radical (unpaired) electrons. The van der Waals surface area contributed by atoms with E-state index >= 15 is 0 Å². The van der Waals surface area contributed by atoms with E-state index in [0.717, 1.165) is 44.9 Å². The van der Waals surface area contributed by atoms with Crippen LogP contribution >= 0.6 is 0 Å². The number of anilines is 3. The van der Waals surface area contributed by atoms with Gasteiger partial charge < -0.3 is 9.32 Å². The molecule has 10 aromatic rings. The predicted molar refractivity (Wildman–Crippen MR) is 228 cm³/mol. The van der Waals surface area contributed by atoms with Crippen LogP contribution < -0.4 is 4.90 Å². The van der Waals surface area contributed by atoms with Gasteiger partial charge in [-0.2, -0.15) is 0 Å². The van der Waals surface area contributed by atoms with Gasteiger partial charge in [0.25, 0.3) is 0 Å². The van der Waals surface area contributed by atoms with Crippen LogP contribution in [0.2, 0.25) is 0 Å². The van der Waals surface area contributed by atoms with Gasteiger partial charge >= 0.3 is 0 Å². The molecule has 0 unspecified atom stereocenters. The van der Waals surface area contributed by atoms with E-state index in [-0.39, 0.29) is 0 Å². The summed E-state index contributed by atoms with van der Waals surface area (Å²) in [7, 11) is 0. The first kappa shape index (κ1) is 31.6. The van der Waals surface area contributed by atoms with Crippen LogP contribution in [-0.2, 0) is 0 Å². The third-order valence-electron chi connectivity index (χ3n) is 10.4. The van der Waals surface area contributed by atoms with Crippen molar-refractivity contribution in [3.63, 3.8) is 0 Å². The highest BCUT2D eigenvalue weighted by Gasteiger charge is 2.15. The Morgan fingerprint density at radius 2 is 0.704 bits per heavy atom. The Labute approximate surface area is 314 Å². The molecule has 0 N–H and O–H groups in total. The first-order chi connectivity index (χ1) is 26.7. The Hall–Kier alpha value is -7.16. The normalized spacial score (nSPS) is 11.3. The number of nitrogens with zero attached hydrogens (tertiary/aromatic N) is 1. The summed E-state index contributed by atoms with van der Waals surface area (Å²) in [5, 5.41) is 6.06. The van der Waals surface area contributed by atoms with Gasteiger partial charge in [-0.25, -0.2) is 0 Å². The average Bonchev–Trinajstić information content (AvgIpc) is 3.69. The van der Waals surface area contributed by atoms with Crippen molar-refractivity contribution in [3.8, 4) is 44.7 Å². The van der Waals surface area contributed by atoms with Gasteiger partial charge in [-0.1, -0.05) is 152 Å². The summed E-state index contributed by atoms with van der Waals surface area (Å²) in [4.78, 5) is 2.35. The molecule has 1 heterocycles. The lowest BCUT2D eigenvalue weighted by atomic mass is 9.98. The summed E-state index contributed by atoms with van der Waals surface area (Å²) in [6, 6.07) is 76.0. The van der Waals surface area contributed by atoms with Gasteiger partial charge in [0.15, 0.2) is 0 Å². The molecular formula is C52H35NO. The van der Waals surface area contributed by atoms with Gasteiger partial charge in [0.05, 0.1) is 0 Å². The minimum atomic E-state index is 0.883. The Kier molecular flexibility index (Phi) is 7.85. The second-order valence-electron chi connectivity index (χ2n) is 13.8. The van der Waals surface area contributed by atoms with E-state index in [0.29, 0.717) is 0 Å². The van der Waals surface area contributed by atoms with E-state index in [4.69, 9.17) is 4.42 Å². The zero-order valence-corrected chi connectivity index (χ0v) is 29.6. The molecule has 0 aliphatic carbocycles. The van der Waals surface area contributed by atoms with E-state index in [2.05, 4.69) is 199 Å². The summed E-state index contributed by atoms with van der Waals surface area (Å²) in [5.74, 6) is 0.883. The average molecular weight is 690 g/mol. The molecule has 254 valence electrons. The molecule has 2 heteroatoms. The lowest BCUT2D eigenvalue weighted by Crippen LogP contribution is -2.09. The smallest absolute Gasteiger partial charge is 0.135 e. The fourth-order valence-corrected chi connectivity index (χ4v) is 7.57. The van der Waals surface area contributed by atoms with Crippen molar-refractivity contribution >= 4 is 49.6 Å². The third-order valence-corrected chi connectivity index (χ3v) is 10.4. The number of para-hydroxylation sites is 1. The molecule has 0 amide bonds. The molecule has 0 saturated heterocycles. The monoisotopic (exact) mass is 689 g/mol. The Morgan fingerprint density at radius 3 is 1.33 bits per heavy atom. The van der Waals surface area contributed by atoms with Crippen LogP contribution in [0.3, 0.4) is 0 Å². The minimum absolute atomic E-state index is 0.883. The standard InChI is InChI=1S/C52H35NO/c1-3-10-42-32-45(21-20-36(42)8-1)41-24-29-49(30-25-41)53(50-31-26-37-9-2-4-11-44(37)34-50)48-27-22-39(23-28-48)38-16-18-40(19-17-38)43-13-7-14-46(33-43)52-35-47-12-5-6-15-51(47)54-52/h1-35H. The van der Waals surface area contributed by atoms with Gasteiger partial charge in [0, 0.05) is 28.0 Å². The zero-order valence-electron chi connectivity index (χ0n) is 29.6. The number of hydrogen-bond donors (Lipinski definition) is 0. The maximum Gasteiger partial charge on any atom is 0.135 e. The van der Waals surface area contributed by atoms with E-state index in [1.165, 1.54) is 49.4 Å². The largest absolute Gasteiger partial charge is 0.456 e. The van der Waals surface area contributed by atoms with Crippen LogP contribution in [0.5, 0.6) is 0 Å². The molecule has 0 spiro atoms. The van der Waals surface area contributed by atoms with E-state index in [1.807, 2.05) is 18.2 Å². The lowest BCUT2D eigenvalue weighted by molar-refractivity contribution is 0.631. The van der Waals surface area contributed by atoms with Crippen LogP contribution in [0.25, 0.3) is 77.2 Å². The number of furan rings is 1. The van der Waals surface area contributed by atoms with Crippen LogP contribution in [0.15, 0.2) is 217 Å². The maximum absolute atomic E-state index is 6.16. The SMILES string of the molecule is c1cc(-c2ccc(-c3ccc(N(c4ccc(-c5ccc6ccccc6c5)cc4)c4ccc5ccccc5c4)cc3)cc2)cc(-c2cc3ccccc3o2)c1. The summed E-state index contributed by atoms with van der Waals surface area (Å²) >= 11 is 0. The number of rotatable bonds is 7. The molecular weight excluding hydrogens is 655 g/mol. The number of benzene rings is 9. The van der Waals surface area contributed by atoms with Crippen molar-refractivity contribution in [2.24, 2.45) is 0 Å². The second-order valence-corrected chi connectivity index (χ2v) is 13.8. The second kappa shape index (κ2) is 13.4. The highest BCUT2D eigenvalue weighted by atomic mass is 16.3. The summed E-state index contributed by atoms with van der Waals surface area (Å²) < 4.78 is 6.16. The van der Waals surface area contributed by atoms with Gasteiger partial charge in [-0.3, -0.25) is 0 Å². The molecule has 0 bridgehead atoms.